The molecule has 2 saturated heterocycles. The van der Waals surface area contributed by atoms with Gasteiger partial charge in [0.15, 0.2) is 0 Å². The lowest BCUT2D eigenvalue weighted by Gasteiger charge is -2.39. The molecule has 2 heterocycles. The molecule has 0 radical (unpaired) electrons. The number of rotatable bonds is 2. The van der Waals surface area contributed by atoms with Crippen LogP contribution in [0.25, 0.3) is 0 Å². The predicted octanol–water partition coefficient (Wildman–Crippen LogP) is 2.76. The molecule has 1 amide bonds. The average Bonchev–Trinajstić information content (AvgIpc) is 2.72. The van der Waals surface area contributed by atoms with Gasteiger partial charge < -0.3 is 9.64 Å². The van der Waals surface area contributed by atoms with Crippen molar-refractivity contribution in [2.75, 3.05) is 13.2 Å². The molecule has 2 atom stereocenters. The van der Waals surface area contributed by atoms with E-state index in [0.29, 0.717) is 25.5 Å². The van der Waals surface area contributed by atoms with Crippen molar-refractivity contribution in [2.45, 2.75) is 65.3 Å². The predicted molar refractivity (Wildman–Crippen MR) is 77.1 cm³/mol. The van der Waals surface area contributed by atoms with Crippen LogP contribution in [0.3, 0.4) is 0 Å². The minimum Gasteiger partial charge on any atom is -0.464 e. The first-order valence-electron chi connectivity index (χ1n) is 7.79. The fourth-order valence-corrected chi connectivity index (χ4v) is 3.70. The molecule has 0 aliphatic carbocycles. The first-order chi connectivity index (χ1) is 9.31. The largest absolute Gasteiger partial charge is 0.464 e. The van der Waals surface area contributed by atoms with E-state index >= 15 is 0 Å². The molecule has 0 aromatic rings. The maximum Gasteiger partial charge on any atom is 0.332 e. The molecule has 4 heteroatoms. The number of esters is 1. The maximum absolute atomic E-state index is 12.6. The van der Waals surface area contributed by atoms with Crippen molar-refractivity contribution >= 4 is 11.9 Å². The Hall–Kier alpha value is -1.06. The molecule has 2 aliphatic rings. The van der Waals surface area contributed by atoms with Crippen molar-refractivity contribution in [3.05, 3.63) is 0 Å². The molecule has 0 N–H and O–H groups in total. The summed E-state index contributed by atoms with van der Waals surface area (Å²) in [6.07, 6.45) is 3.84. The van der Waals surface area contributed by atoms with Gasteiger partial charge >= 0.3 is 5.97 Å². The van der Waals surface area contributed by atoms with E-state index in [-0.39, 0.29) is 17.3 Å². The molecule has 2 fully saturated rings. The fourth-order valence-electron chi connectivity index (χ4n) is 3.70. The molecule has 2 rings (SSSR count). The van der Waals surface area contributed by atoms with E-state index in [2.05, 4.69) is 20.8 Å². The van der Waals surface area contributed by atoms with Crippen molar-refractivity contribution < 1.29 is 14.3 Å². The van der Waals surface area contributed by atoms with E-state index in [1.54, 1.807) is 0 Å². The number of carbonyl (C=O) groups is 2. The van der Waals surface area contributed by atoms with Gasteiger partial charge in [-0.15, -0.1) is 0 Å². The van der Waals surface area contributed by atoms with Gasteiger partial charge in [0.1, 0.15) is 5.54 Å². The molecule has 114 valence electrons. The molecule has 0 saturated carbocycles. The van der Waals surface area contributed by atoms with Gasteiger partial charge in [0, 0.05) is 13.0 Å². The Morgan fingerprint density at radius 1 is 1.45 bits per heavy atom. The minimum absolute atomic E-state index is 0.109. The fraction of sp³-hybridized carbons (Fsp3) is 0.875. The summed E-state index contributed by atoms with van der Waals surface area (Å²) in [6.45, 7) is 9.51. The first-order valence-corrected chi connectivity index (χ1v) is 7.79. The minimum atomic E-state index is -0.693. The maximum atomic E-state index is 12.6. The number of amides is 1. The second-order valence-corrected chi connectivity index (χ2v) is 7.21. The molecule has 0 spiro atoms. The standard InChI is InChI=1S/C16H27NO3/c1-5-20-14(19)16-9-6-10-17(16)13(18)8-7-12(11-16)15(2,3)4/h12H,5-11H2,1-4H3/t12-,16+/m0/s1. The monoisotopic (exact) mass is 281 g/mol. The van der Waals surface area contributed by atoms with E-state index in [4.69, 9.17) is 4.74 Å². The van der Waals surface area contributed by atoms with Crippen LogP contribution >= 0.6 is 0 Å². The number of hydrogen-bond donors (Lipinski definition) is 0. The molecule has 2 aliphatic heterocycles. The molecule has 20 heavy (non-hydrogen) atoms. The third-order valence-corrected chi connectivity index (χ3v) is 4.96. The first kappa shape index (κ1) is 15.3. The SMILES string of the molecule is CCOC(=O)[C@]12CCCN1C(=O)CC[C@H](C(C)(C)C)C2. The molecular weight excluding hydrogens is 254 g/mol. The number of carbonyl (C=O) groups excluding carboxylic acids is 2. The quantitative estimate of drug-likeness (QED) is 0.731. The highest BCUT2D eigenvalue weighted by Gasteiger charge is 2.54. The second kappa shape index (κ2) is 5.38. The van der Waals surface area contributed by atoms with E-state index in [1.165, 1.54) is 0 Å². The summed E-state index contributed by atoms with van der Waals surface area (Å²) in [5.41, 5.74) is -0.583. The van der Waals surface area contributed by atoms with Gasteiger partial charge in [-0.3, -0.25) is 4.79 Å². The Bertz CT molecular complexity index is 399. The van der Waals surface area contributed by atoms with Crippen molar-refractivity contribution in [3.8, 4) is 0 Å². The van der Waals surface area contributed by atoms with Crippen LogP contribution in [0, 0.1) is 11.3 Å². The zero-order valence-corrected chi connectivity index (χ0v) is 13.2. The highest BCUT2D eigenvalue weighted by molar-refractivity contribution is 5.89. The van der Waals surface area contributed by atoms with Gasteiger partial charge in [-0.05, 0) is 43.9 Å². The van der Waals surface area contributed by atoms with Crippen molar-refractivity contribution in [1.82, 2.24) is 4.90 Å². The lowest BCUT2D eigenvalue weighted by Crippen LogP contribution is -2.54. The second-order valence-electron chi connectivity index (χ2n) is 7.21. The Morgan fingerprint density at radius 3 is 2.75 bits per heavy atom. The summed E-state index contributed by atoms with van der Waals surface area (Å²) in [5.74, 6) is 0.309. The van der Waals surface area contributed by atoms with Crippen LogP contribution < -0.4 is 0 Å². The van der Waals surface area contributed by atoms with Crippen LogP contribution in [-0.4, -0.2) is 35.5 Å². The highest BCUT2D eigenvalue weighted by Crippen LogP contribution is 2.45. The summed E-state index contributed by atoms with van der Waals surface area (Å²) >= 11 is 0. The van der Waals surface area contributed by atoms with Crippen molar-refractivity contribution in [3.63, 3.8) is 0 Å². The third-order valence-electron chi connectivity index (χ3n) is 4.96. The highest BCUT2D eigenvalue weighted by atomic mass is 16.5. The summed E-state index contributed by atoms with van der Waals surface area (Å²) in [4.78, 5) is 26.8. The van der Waals surface area contributed by atoms with Gasteiger partial charge in [-0.2, -0.15) is 0 Å². The molecule has 0 aromatic heterocycles. The topological polar surface area (TPSA) is 46.6 Å². The van der Waals surface area contributed by atoms with Gasteiger partial charge in [0.25, 0.3) is 0 Å². The lowest BCUT2D eigenvalue weighted by molar-refractivity contribution is -0.162. The third kappa shape index (κ3) is 2.57. The molecular formula is C16H27NO3. The van der Waals surface area contributed by atoms with E-state index in [0.717, 1.165) is 25.7 Å². The summed E-state index contributed by atoms with van der Waals surface area (Å²) in [5, 5.41) is 0. The van der Waals surface area contributed by atoms with Crippen molar-refractivity contribution in [1.29, 1.82) is 0 Å². The molecule has 4 nitrogen and oxygen atoms in total. The number of hydrogen-bond acceptors (Lipinski definition) is 3. The van der Waals surface area contributed by atoms with Crippen LogP contribution in [0.4, 0.5) is 0 Å². The number of nitrogens with zero attached hydrogens (tertiary/aromatic N) is 1. The molecule has 0 unspecified atom stereocenters. The number of ether oxygens (including phenoxy) is 1. The summed E-state index contributed by atoms with van der Waals surface area (Å²) in [6, 6.07) is 0. The van der Waals surface area contributed by atoms with Crippen LogP contribution in [0.15, 0.2) is 0 Å². The van der Waals surface area contributed by atoms with Crippen LogP contribution in [0.5, 0.6) is 0 Å². The Morgan fingerprint density at radius 2 is 2.15 bits per heavy atom. The zero-order chi connectivity index (χ0) is 15.0. The van der Waals surface area contributed by atoms with Crippen molar-refractivity contribution in [2.24, 2.45) is 11.3 Å². The van der Waals surface area contributed by atoms with Gasteiger partial charge in [0.05, 0.1) is 6.61 Å². The van der Waals surface area contributed by atoms with Gasteiger partial charge in [0.2, 0.25) is 5.91 Å². The lowest BCUT2D eigenvalue weighted by atomic mass is 9.71. The Kier molecular flexibility index (Phi) is 4.12. The zero-order valence-electron chi connectivity index (χ0n) is 13.2. The van der Waals surface area contributed by atoms with Gasteiger partial charge in [-0.1, -0.05) is 20.8 Å². The van der Waals surface area contributed by atoms with Crippen LogP contribution in [0.1, 0.15) is 59.8 Å². The Labute approximate surface area is 121 Å². The van der Waals surface area contributed by atoms with E-state index < -0.39 is 5.54 Å². The van der Waals surface area contributed by atoms with Crippen LogP contribution in [-0.2, 0) is 14.3 Å². The average molecular weight is 281 g/mol. The molecule has 0 bridgehead atoms. The summed E-state index contributed by atoms with van der Waals surface area (Å²) < 4.78 is 5.32. The normalized spacial score (nSPS) is 30.9. The van der Waals surface area contributed by atoms with Gasteiger partial charge in [-0.25, -0.2) is 4.79 Å². The van der Waals surface area contributed by atoms with E-state index in [9.17, 15) is 9.59 Å². The van der Waals surface area contributed by atoms with Crippen LogP contribution in [0.2, 0.25) is 0 Å². The Balaban J connectivity index is 2.35. The number of fused-ring (bicyclic) bond motifs is 1. The summed E-state index contributed by atoms with van der Waals surface area (Å²) in [7, 11) is 0. The molecule has 0 aromatic carbocycles. The van der Waals surface area contributed by atoms with E-state index in [1.807, 2.05) is 11.8 Å². The smallest absolute Gasteiger partial charge is 0.332 e.